The summed E-state index contributed by atoms with van der Waals surface area (Å²) in [6, 6.07) is 13.5. The Morgan fingerprint density at radius 1 is 1.04 bits per heavy atom. The van der Waals surface area contributed by atoms with Gasteiger partial charge < -0.3 is 4.98 Å². The predicted octanol–water partition coefficient (Wildman–Crippen LogP) is 4.22. The topological polar surface area (TPSA) is 62.0 Å². The lowest BCUT2D eigenvalue weighted by Crippen LogP contribution is -2.35. The van der Waals surface area contributed by atoms with E-state index >= 15 is 0 Å². The number of benzene rings is 2. The second-order valence-corrected chi connectivity index (χ2v) is 10.3. The highest BCUT2D eigenvalue weighted by Crippen LogP contribution is 2.31. The van der Waals surface area contributed by atoms with Crippen LogP contribution >= 0.6 is 0 Å². The average molecular weight is 383 g/mol. The minimum absolute atomic E-state index is 0.00306. The molecule has 4 nitrogen and oxygen atoms in total. The summed E-state index contributed by atoms with van der Waals surface area (Å²) in [5.41, 5.74) is 5.86. The maximum absolute atomic E-state index is 12.8. The quantitative estimate of drug-likeness (QED) is 0.712. The molecule has 2 N–H and O–H groups in total. The molecule has 0 saturated heterocycles. The molecular formula is C22H26N2O2S. The van der Waals surface area contributed by atoms with Crippen LogP contribution < -0.4 is 4.72 Å². The highest BCUT2D eigenvalue weighted by molar-refractivity contribution is 7.89. The molecule has 1 aliphatic rings. The third-order valence-corrected chi connectivity index (χ3v) is 6.94. The molecule has 0 amide bonds. The Labute approximate surface area is 161 Å². The van der Waals surface area contributed by atoms with Crippen molar-refractivity contribution >= 4 is 20.9 Å². The van der Waals surface area contributed by atoms with Gasteiger partial charge in [-0.05, 0) is 54.2 Å². The van der Waals surface area contributed by atoms with Gasteiger partial charge in [-0.2, -0.15) is 0 Å². The number of rotatable bonds is 3. The number of H-pyrrole nitrogens is 1. The van der Waals surface area contributed by atoms with E-state index in [0.29, 0.717) is 11.3 Å². The zero-order valence-corrected chi connectivity index (χ0v) is 17.1. The maximum atomic E-state index is 12.8. The Bertz CT molecular complexity index is 1100. The number of fused-ring (bicyclic) bond motifs is 3. The van der Waals surface area contributed by atoms with Gasteiger partial charge in [-0.25, -0.2) is 13.1 Å². The summed E-state index contributed by atoms with van der Waals surface area (Å²) in [4.78, 5) is 3.77. The molecule has 1 aliphatic carbocycles. The molecule has 142 valence electrons. The van der Waals surface area contributed by atoms with E-state index in [1.807, 2.05) is 12.1 Å². The van der Waals surface area contributed by atoms with Crippen molar-refractivity contribution in [2.24, 2.45) is 0 Å². The molecule has 1 atom stereocenters. The number of aromatic amines is 1. The molecule has 3 aromatic rings. The van der Waals surface area contributed by atoms with Crippen LogP contribution in [0.2, 0.25) is 0 Å². The van der Waals surface area contributed by atoms with Gasteiger partial charge in [0.2, 0.25) is 10.0 Å². The molecule has 0 spiro atoms. The van der Waals surface area contributed by atoms with E-state index in [1.165, 1.54) is 16.5 Å². The third kappa shape index (κ3) is 3.42. The van der Waals surface area contributed by atoms with Crippen LogP contribution in [0.5, 0.6) is 0 Å². The number of aromatic nitrogens is 1. The number of sulfonamides is 1. The Hall–Kier alpha value is -2.11. The van der Waals surface area contributed by atoms with E-state index in [-0.39, 0.29) is 11.5 Å². The lowest BCUT2D eigenvalue weighted by molar-refractivity contribution is 0.554. The van der Waals surface area contributed by atoms with Crippen molar-refractivity contribution in [3.05, 3.63) is 64.8 Å². The summed E-state index contributed by atoms with van der Waals surface area (Å²) in [5.74, 6) is 0. The van der Waals surface area contributed by atoms with Crippen LogP contribution in [0.25, 0.3) is 10.9 Å². The first-order chi connectivity index (χ1) is 12.6. The van der Waals surface area contributed by atoms with Crippen LogP contribution in [0.1, 0.15) is 43.2 Å². The lowest BCUT2D eigenvalue weighted by atomic mass is 9.87. The first-order valence-electron chi connectivity index (χ1n) is 9.36. The highest BCUT2D eigenvalue weighted by Gasteiger charge is 2.29. The molecule has 5 heteroatoms. The zero-order valence-electron chi connectivity index (χ0n) is 16.3. The summed E-state index contributed by atoms with van der Waals surface area (Å²) in [5, 5.41) is 1.21. The van der Waals surface area contributed by atoms with E-state index in [4.69, 9.17) is 0 Å². The fraction of sp³-hybridized carbons (Fsp3) is 0.364. The van der Waals surface area contributed by atoms with Crippen molar-refractivity contribution in [3.8, 4) is 0 Å². The lowest BCUT2D eigenvalue weighted by Gasteiger charge is -2.19. The van der Waals surface area contributed by atoms with Crippen molar-refractivity contribution < 1.29 is 8.42 Å². The summed E-state index contributed by atoms with van der Waals surface area (Å²) >= 11 is 0. The van der Waals surface area contributed by atoms with Crippen LogP contribution in [0, 0.1) is 6.92 Å². The molecule has 1 unspecified atom stereocenters. The molecule has 0 fully saturated rings. The van der Waals surface area contributed by atoms with Gasteiger partial charge in [0.1, 0.15) is 0 Å². The largest absolute Gasteiger partial charge is 0.358 e. The monoisotopic (exact) mass is 382 g/mol. The van der Waals surface area contributed by atoms with Crippen molar-refractivity contribution in [2.75, 3.05) is 0 Å². The Balaban J connectivity index is 1.54. The normalized spacial score (nSPS) is 17.4. The first kappa shape index (κ1) is 18.3. The van der Waals surface area contributed by atoms with Gasteiger partial charge in [-0.15, -0.1) is 0 Å². The zero-order chi connectivity index (χ0) is 19.4. The summed E-state index contributed by atoms with van der Waals surface area (Å²) in [6.45, 7) is 8.43. The van der Waals surface area contributed by atoms with Crippen molar-refractivity contribution in [1.82, 2.24) is 9.71 Å². The standard InChI is InChI=1S/C22H26N2O2S/c1-14-5-10-20-18(11-14)19-12-16(13-21(19)23-20)24-27(25,26)17-8-6-15(7-9-17)22(2,3)4/h5-11,16,23-24H,12-13H2,1-4H3. The van der Waals surface area contributed by atoms with E-state index in [9.17, 15) is 8.42 Å². The number of nitrogens with one attached hydrogen (secondary N) is 2. The molecule has 0 bridgehead atoms. The van der Waals surface area contributed by atoms with Gasteiger partial charge in [-0.3, -0.25) is 0 Å². The number of hydrogen-bond acceptors (Lipinski definition) is 2. The Kier molecular flexibility index (Phi) is 4.20. The number of aryl methyl sites for hydroxylation is 1. The molecule has 1 aromatic heterocycles. The SMILES string of the molecule is Cc1ccc2[nH]c3c(c2c1)CC(NS(=O)(=O)c1ccc(C(C)(C)C)cc1)C3. The van der Waals surface area contributed by atoms with Crippen molar-refractivity contribution in [3.63, 3.8) is 0 Å². The van der Waals surface area contributed by atoms with Gasteiger partial charge >= 0.3 is 0 Å². The first-order valence-corrected chi connectivity index (χ1v) is 10.8. The molecule has 4 rings (SSSR count). The minimum Gasteiger partial charge on any atom is -0.358 e. The van der Waals surface area contributed by atoms with Crippen molar-refractivity contribution in [2.45, 2.75) is 56.9 Å². The van der Waals surface area contributed by atoms with E-state index < -0.39 is 10.0 Å². The minimum atomic E-state index is -3.53. The molecule has 0 aliphatic heterocycles. The van der Waals surface area contributed by atoms with Crippen molar-refractivity contribution in [1.29, 1.82) is 0 Å². The summed E-state index contributed by atoms with van der Waals surface area (Å²) in [6.07, 6.45) is 1.42. The van der Waals surface area contributed by atoms with E-state index in [2.05, 4.69) is 55.6 Å². The molecule has 0 radical (unpaired) electrons. The molecule has 27 heavy (non-hydrogen) atoms. The summed E-state index contributed by atoms with van der Waals surface area (Å²) < 4.78 is 28.5. The number of hydrogen-bond donors (Lipinski definition) is 2. The van der Waals surface area contributed by atoms with Crippen LogP contribution in [0.3, 0.4) is 0 Å². The van der Waals surface area contributed by atoms with Crippen LogP contribution in [-0.2, 0) is 28.3 Å². The van der Waals surface area contributed by atoms with E-state index in [1.54, 1.807) is 12.1 Å². The van der Waals surface area contributed by atoms with Crippen LogP contribution in [-0.4, -0.2) is 19.4 Å². The molecule has 0 saturated carbocycles. The second-order valence-electron chi connectivity index (χ2n) is 8.63. The molecule has 1 heterocycles. The predicted molar refractivity (Wildman–Crippen MR) is 110 cm³/mol. The van der Waals surface area contributed by atoms with Crippen LogP contribution in [0.15, 0.2) is 47.4 Å². The van der Waals surface area contributed by atoms with Gasteiger partial charge in [-0.1, -0.05) is 44.5 Å². The third-order valence-electron chi connectivity index (χ3n) is 5.40. The average Bonchev–Trinajstić information content (AvgIpc) is 3.11. The maximum Gasteiger partial charge on any atom is 0.240 e. The summed E-state index contributed by atoms with van der Waals surface area (Å²) in [7, 11) is -3.53. The smallest absolute Gasteiger partial charge is 0.240 e. The van der Waals surface area contributed by atoms with E-state index in [0.717, 1.165) is 23.2 Å². The van der Waals surface area contributed by atoms with Crippen LogP contribution in [0.4, 0.5) is 0 Å². The Morgan fingerprint density at radius 2 is 1.74 bits per heavy atom. The highest BCUT2D eigenvalue weighted by atomic mass is 32.2. The van der Waals surface area contributed by atoms with Gasteiger partial charge in [0.15, 0.2) is 0 Å². The molecular weight excluding hydrogens is 356 g/mol. The fourth-order valence-corrected chi connectivity index (χ4v) is 5.13. The van der Waals surface area contributed by atoms with Gasteiger partial charge in [0.25, 0.3) is 0 Å². The van der Waals surface area contributed by atoms with Gasteiger partial charge in [0.05, 0.1) is 4.90 Å². The fourth-order valence-electron chi connectivity index (χ4n) is 3.89. The van der Waals surface area contributed by atoms with Gasteiger partial charge in [0, 0.05) is 29.1 Å². The Morgan fingerprint density at radius 3 is 2.41 bits per heavy atom. The second kappa shape index (κ2) is 6.21. The molecule has 2 aromatic carbocycles.